The zero-order valence-electron chi connectivity index (χ0n) is 9.93. The summed E-state index contributed by atoms with van der Waals surface area (Å²) in [4.78, 5) is 17.6. The second-order valence-corrected chi connectivity index (χ2v) is 4.87. The van der Waals surface area contributed by atoms with E-state index in [0.717, 1.165) is 11.3 Å². The van der Waals surface area contributed by atoms with Crippen LogP contribution in [0.3, 0.4) is 0 Å². The van der Waals surface area contributed by atoms with Gasteiger partial charge in [-0.1, -0.05) is 34.4 Å². The molecule has 6 nitrogen and oxygen atoms in total. The Morgan fingerprint density at radius 3 is 2.80 bits per heavy atom. The molecule has 0 saturated carbocycles. The third kappa shape index (κ3) is 2.48. The number of aliphatic imine (C=N–C) groups is 1. The first kappa shape index (κ1) is 13.0. The highest BCUT2D eigenvalue weighted by molar-refractivity contribution is 6.42. The average Bonchev–Trinajstić information content (AvgIpc) is 2.89. The summed E-state index contributed by atoms with van der Waals surface area (Å²) >= 11 is 11.9. The van der Waals surface area contributed by atoms with E-state index in [1.165, 1.54) is 6.34 Å². The molecule has 1 aliphatic rings. The fraction of sp³-hybridized carbons (Fsp3) is 0.0833. The van der Waals surface area contributed by atoms with Gasteiger partial charge in [0.2, 0.25) is 0 Å². The molecule has 1 unspecified atom stereocenters. The number of benzene rings is 1. The third-order valence-electron chi connectivity index (χ3n) is 2.75. The van der Waals surface area contributed by atoms with Crippen LogP contribution in [-0.2, 0) is 0 Å². The van der Waals surface area contributed by atoms with Crippen LogP contribution in [-0.4, -0.2) is 16.5 Å². The average molecular weight is 311 g/mol. The number of hydrogen-bond donors (Lipinski definition) is 2. The first-order valence-electron chi connectivity index (χ1n) is 5.65. The Hall–Kier alpha value is -2.05. The number of hydrogen-bond acceptors (Lipinski definition) is 5. The van der Waals surface area contributed by atoms with Gasteiger partial charge in [-0.05, 0) is 23.8 Å². The van der Waals surface area contributed by atoms with Gasteiger partial charge in [-0.15, -0.1) is 0 Å². The molecule has 0 aliphatic carbocycles. The van der Waals surface area contributed by atoms with Crippen LogP contribution in [0.15, 0.2) is 38.6 Å². The lowest BCUT2D eigenvalue weighted by molar-refractivity contribution is 0.380. The molecule has 0 bridgehead atoms. The molecule has 2 N–H and O–H groups in total. The molecular formula is C12H8Cl2N4O2. The molecule has 2 aromatic rings. The zero-order valence-corrected chi connectivity index (χ0v) is 11.4. The summed E-state index contributed by atoms with van der Waals surface area (Å²) in [5.74, 6) is -0.275. The molecule has 1 aromatic carbocycles. The molecule has 1 atom stereocenters. The van der Waals surface area contributed by atoms with Crippen molar-refractivity contribution in [1.29, 1.82) is 0 Å². The maximum absolute atomic E-state index is 11.0. The molecule has 0 amide bonds. The Kier molecular flexibility index (Phi) is 3.33. The SMILES string of the molecule is O=c1[nH]c(C2C=C(c3ccc(Cl)c(Cl)c3)NC=N2)no1. The van der Waals surface area contributed by atoms with E-state index in [1.54, 1.807) is 18.2 Å². The summed E-state index contributed by atoms with van der Waals surface area (Å²) in [6.45, 7) is 0. The zero-order chi connectivity index (χ0) is 14.1. The first-order valence-corrected chi connectivity index (χ1v) is 6.40. The maximum Gasteiger partial charge on any atom is 0.438 e. The number of rotatable bonds is 2. The summed E-state index contributed by atoms with van der Waals surface area (Å²) in [5.41, 5.74) is 1.63. The fourth-order valence-corrected chi connectivity index (χ4v) is 2.10. The van der Waals surface area contributed by atoms with Crippen molar-refractivity contribution >= 4 is 35.2 Å². The van der Waals surface area contributed by atoms with Crippen molar-refractivity contribution in [2.45, 2.75) is 6.04 Å². The second kappa shape index (κ2) is 5.15. The van der Waals surface area contributed by atoms with Crippen LogP contribution >= 0.6 is 23.2 Å². The lowest BCUT2D eigenvalue weighted by atomic mass is 10.1. The van der Waals surface area contributed by atoms with Crippen LogP contribution in [0.4, 0.5) is 0 Å². The van der Waals surface area contributed by atoms with E-state index in [0.29, 0.717) is 15.9 Å². The van der Waals surface area contributed by atoms with Crippen molar-refractivity contribution in [3.8, 4) is 0 Å². The Bertz CT molecular complexity index is 763. The monoisotopic (exact) mass is 310 g/mol. The van der Waals surface area contributed by atoms with Gasteiger partial charge in [0.15, 0.2) is 5.82 Å². The van der Waals surface area contributed by atoms with Gasteiger partial charge >= 0.3 is 5.76 Å². The molecule has 1 aromatic heterocycles. The van der Waals surface area contributed by atoms with Crippen molar-refractivity contribution in [2.75, 3.05) is 0 Å². The molecule has 3 rings (SSSR count). The van der Waals surface area contributed by atoms with Gasteiger partial charge in [-0.25, -0.2) is 4.79 Å². The minimum atomic E-state index is -0.613. The van der Waals surface area contributed by atoms with E-state index in [1.807, 2.05) is 6.07 Å². The lowest BCUT2D eigenvalue weighted by Crippen LogP contribution is -2.16. The van der Waals surface area contributed by atoms with Gasteiger partial charge in [0.25, 0.3) is 0 Å². The van der Waals surface area contributed by atoms with Crippen molar-refractivity contribution in [3.63, 3.8) is 0 Å². The van der Waals surface area contributed by atoms with Gasteiger partial charge in [0.05, 0.1) is 16.4 Å². The van der Waals surface area contributed by atoms with Crippen LogP contribution in [0.5, 0.6) is 0 Å². The lowest BCUT2D eigenvalue weighted by Gasteiger charge is -2.15. The summed E-state index contributed by atoms with van der Waals surface area (Å²) in [7, 11) is 0. The largest absolute Gasteiger partial charge is 0.438 e. The summed E-state index contributed by atoms with van der Waals surface area (Å²) in [6.07, 6.45) is 3.32. The Morgan fingerprint density at radius 2 is 2.10 bits per heavy atom. The highest BCUT2D eigenvalue weighted by Gasteiger charge is 2.17. The molecule has 0 spiro atoms. The summed E-state index contributed by atoms with van der Waals surface area (Å²) < 4.78 is 4.47. The van der Waals surface area contributed by atoms with E-state index < -0.39 is 11.8 Å². The minimum Gasteiger partial charge on any atom is -0.346 e. The molecule has 0 fully saturated rings. The van der Waals surface area contributed by atoms with E-state index in [4.69, 9.17) is 23.2 Å². The van der Waals surface area contributed by atoms with Crippen molar-refractivity contribution in [1.82, 2.24) is 15.5 Å². The number of H-pyrrole nitrogens is 1. The van der Waals surface area contributed by atoms with Crippen LogP contribution in [0.25, 0.3) is 5.70 Å². The highest BCUT2D eigenvalue weighted by atomic mass is 35.5. The smallest absolute Gasteiger partial charge is 0.346 e. The minimum absolute atomic E-state index is 0.338. The quantitative estimate of drug-likeness (QED) is 0.892. The van der Waals surface area contributed by atoms with Crippen molar-refractivity contribution in [3.05, 3.63) is 56.3 Å². The number of aromatic amines is 1. The molecule has 20 heavy (non-hydrogen) atoms. The number of halogens is 2. The maximum atomic E-state index is 11.0. The second-order valence-electron chi connectivity index (χ2n) is 4.06. The number of nitrogens with one attached hydrogen (secondary N) is 2. The molecule has 0 saturated heterocycles. The number of aromatic nitrogens is 2. The predicted octanol–water partition coefficient (Wildman–Crippen LogP) is 2.38. The van der Waals surface area contributed by atoms with Gasteiger partial charge in [-0.3, -0.25) is 14.5 Å². The van der Waals surface area contributed by atoms with Crippen molar-refractivity contribution in [2.24, 2.45) is 4.99 Å². The molecule has 102 valence electrons. The standard InChI is InChI=1S/C12H8Cl2N4O2/c13-7-2-1-6(3-8(7)14)9-4-10(16-5-15-9)11-17-12(19)20-18-11/h1-5,10H,(H,15,16)(H,17,18,19). The Morgan fingerprint density at radius 1 is 1.25 bits per heavy atom. The van der Waals surface area contributed by atoms with Crippen molar-refractivity contribution < 1.29 is 4.52 Å². The first-order chi connectivity index (χ1) is 9.63. The molecule has 8 heteroatoms. The molecule has 2 heterocycles. The Balaban J connectivity index is 1.95. The third-order valence-corrected chi connectivity index (χ3v) is 3.49. The molecule has 1 aliphatic heterocycles. The topological polar surface area (TPSA) is 83.3 Å². The van der Waals surface area contributed by atoms with E-state index in [9.17, 15) is 4.79 Å². The van der Waals surface area contributed by atoms with E-state index in [-0.39, 0.29) is 0 Å². The van der Waals surface area contributed by atoms with Crippen LogP contribution in [0, 0.1) is 0 Å². The van der Waals surface area contributed by atoms with Gasteiger partial charge < -0.3 is 5.32 Å². The van der Waals surface area contributed by atoms with Crippen LogP contribution < -0.4 is 11.1 Å². The van der Waals surface area contributed by atoms with E-state index in [2.05, 4.69) is 25.0 Å². The summed E-state index contributed by atoms with van der Waals surface area (Å²) in [5, 5.41) is 7.57. The highest BCUT2D eigenvalue weighted by Crippen LogP contribution is 2.28. The van der Waals surface area contributed by atoms with Crippen LogP contribution in [0.2, 0.25) is 10.0 Å². The van der Waals surface area contributed by atoms with Gasteiger partial charge in [0, 0.05) is 5.70 Å². The molecular weight excluding hydrogens is 303 g/mol. The summed E-state index contributed by atoms with van der Waals surface area (Å²) in [6, 6.07) is 4.85. The molecule has 0 radical (unpaired) electrons. The van der Waals surface area contributed by atoms with Crippen LogP contribution in [0.1, 0.15) is 17.4 Å². The van der Waals surface area contributed by atoms with Gasteiger partial charge in [0.1, 0.15) is 6.04 Å². The number of nitrogens with zero attached hydrogens (tertiary/aromatic N) is 2. The van der Waals surface area contributed by atoms with Gasteiger partial charge in [-0.2, -0.15) is 0 Å². The normalized spacial score (nSPS) is 17.7. The van der Waals surface area contributed by atoms with E-state index >= 15 is 0 Å². The Labute approximate surface area is 123 Å². The predicted molar refractivity (Wildman–Crippen MR) is 75.9 cm³/mol. The fourth-order valence-electron chi connectivity index (χ4n) is 1.80.